The van der Waals surface area contributed by atoms with Crippen molar-refractivity contribution in [3.63, 3.8) is 0 Å². The monoisotopic (exact) mass is 386 g/mol. The van der Waals surface area contributed by atoms with Gasteiger partial charge in [0.05, 0.1) is 10.5 Å². The van der Waals surface area contributed by atoms with Crippen molar-refractivity contribution in [2.24, 2.45) is 0 Å². The zero-order valence-corrected chi connectivity index (χ0v) is 15.3. The van der Waals surface area contributed by atoms with Crippen LogP contribution in [0.15, 0.2) is 59.5 Å². The average molecular weight is 386 g/mol. The van der Waals surface area contributed by atoms with E-state index in [1.807, 2.05) is 35.2 Å². The molecule has 2 aromatic rings. The summed E-state index contributed by atoms with van der Waals surface area (Å²) in [6.07, 6.45) is -4.17. The molecule has 0 aliphatic heterocycles. The zero-order chi connectivity index (χ0) is 19.4. The quantitative estimate of drug-likeness (QED) is 0.795. The molecule has 0 aromatic heterocycles. The molecular formula is C18H21F3N2O2S. The Morgan fingerprint density at radius 2 is 1.58 bits per heavy atom. The first-order chi connectivity index (χ1) is 12.1. The smallest absolute Gasteiger partial charge is 0.305 e. The topological polar surface area (TPSA) is 49.4 Å². The van der Waals surface area contributed by atoms with Crippen LogP contribution in [0.4, 0.5) is 13.2 Å². The number of sulfonamides is 1. The van der Waals surface area contributed by atoms with Gasteiger partial charge in [0, 0.05) is 12.6 Å². The van der Waals surface area contributed by atoms with E-state index in [4.69, 9.17) is 0 Å². The number of benzene rings is 2. The van der Waals surface area contributed by atoms with Crippen LogP contribution in [0.2, 0.25) is 0 Å². The minimum absolute atomic E-state index is 0.00355. The van der Waals surface area contributed by atoms with Gasteiger partial charge in [-0.1, -0.05) is 42.5 Å². The summed E-state index contributed by atoms with van der Waals surface area (Å²) in [5.41, 5.74) is -0.155. The van der Waals surface area contributed by atoms with Crippen LogP contribution >= 0.6 is 0 Å². The van der Waals surface area contributed by atoms with Crippen molar-refractivity contribution in [1.82, 2.24) is 9.62 Å². The van der Waals surface area contributed by atoms with E-state index in [0.29, 0.717) is 6.42 Å². The molecule has 0 saturated heterocycles. The Morgan fingerprint density at radius 1 is 1.00 bits per heavy atom. The van der Waals surface area contributed by atoms with Crippen molar-refractivity contribution in [1.29, 1.82) is 0 Å². The number of halogens is 3. The third-order valence-corrected chi connectivity index (χ3v) is 5.52. The number of hydrogen-bond acceptors (Lipinski definition) is 3. The van der Waals surface area contributed by atoms with Gasteiger partial charge >= 0.3 is 6.18 Å². The fourth-order valence-corrected chi connectivity index (χ4v) is 3.84. The highest BCUT2D eigenvalue weighted by molar-refractivity contribution is 7.89. The summed E-state index contributed by atoms with van der Waals surface area (Å²) in [5.74, 6) is 0. The minimum atomic E-state index is -4.74. The molecule has 1 atom stereocenters. The van der Waals surface area contributed by atoms with Crippen molar-refractivity contribution in [2.45, 2.75) is 23.5 Å². The van der Waals surface area contributed by atoms with Crippen LogP contribution in [0, 0.1) is 0 Å². The van der Waals surface area contributed by atoms with Crippen molar-refractivity contribution in [2.75, 3.05) is 20.6 Å². The van der Waals surface area contributed by atoms with Crippen molar-refractivity contribution >= 4 is 10.0 Å². The molecule has 0 spiro atoms. The van der Waals surface area contributed by atoms with E-state index in [-0.39, 0.29) is 12.6 Å². The third-order valence-electron chi connectivity index (χ3n) is 4.04. The van der Waals surface area contributed by atoms with Gasteiger partial charge in [0.15, 0.2) is 0 Å². The Balaban J connectivity index is 2.18. The molecule has 2 rings (SSSR count). The van der Waals surface area contributed by atoms with Crippen LogP contribution < -0.4 is 4.72 Å². The number of alkyl halides is 3. The van der Waals surface area contributed by atoms with E-state index in [1.54, 1.807) is 14.1 Å². The Kier molecular flexibility index (Phi) is 6.44. The Hall–Kier alpha value is -1.90. The van der Waals surface area contributed by atoms with Crippen LogP contribution in [0.1, 0.15) is 11.1 Å². The van der Waals surface area contributed by atoms with Crippen LogP contribution in [0.25, 0.3) is 0 Å². The summed E-state index contributed by atoms with van der Waals surface area (Å²) >= 11 is 0. The molecule has 2 aromatic carbocycles. The number of rotatable bonds is 7. The molecular weight excluding hydrogens is 365 g/mol. The van der Waals surface area contributed by atoms with E-state index in [2.05, 4.69) is 4.72 Å². The second kappa shape index (κ2) is 8.20. The van der Waals surface area contributed by atoms with Crippen LogP contribution in [-0.4, -0.2) is 40.0 Å². The van der Waals surface area contributed by atoms with Crippen molar-refractivity contribution in [3.8, 4) is 0 Å². The van der Waals surface area contributed by atoms with Crippen LogP contribution in [-0.2, 0) is 22.6 Å². The van der Waals surface area contributed by atoms with E-state index in [9.17, 15) is 21.6 Å². The van der Waals surface area contributed by atoms with Gasteiger partial charge in [-0.2, -0.15) is 13.2 Å². The molecule has 0 radical (unpaired) electrons. The first-order valence-corrected chi connectivity index (χ1v) is 9.46. The van der Waals surface area contributed by atoms with Gasteiger partial charge in [-0.15, -0.1) is 0 Å². The molecule has 26 heavy (non-hydrogen) atoms. The fraction of sp³-hybridized carbons (Fsp3) is 0.333. The van der Waals surface area contributed by atoms with Gasteiger partial charge in [0.2, 0.25) is 10.0 Å². The number of hydrogen-bond donors (Lipinski definition) is 1. The first-order valence-electron chi connectivity index (χ1n) is 7.97. The largest absolute Gasteiger partial charge is 0.417 e. The molecule has 0 heterocycles. The normalized spacial score (nSPS) is 13.8. The average Bonchev–Trinajstić information content (AvgIpc) is 2.58. The summed E-state index contributed by atoms with van der Waals surface area (Å²) in [7, 11) is -0.697. The predicted octanol–water partition coefficient (Wildman–Crippen LogP) is 3.16. The molecule has 0 amide bonds. The number of nitrogens with zero attached hydrogens (tertiary/aromatic N) is 1. The standard InChI is InChI=1S/C18H21F3N2O2S/c1-23(2)15(12-14-8-4-3-5-9-14)13-22-26(24,25)17-11-7-6-10-16(17)18(19,20)21/h3-11,15,22H,12-13H2,1-2H3. The maximum absolute atomic E-state index is 13.1. The van der Waals surface area contributed by atoms with E-state index in [1.165, 1.54) is 12.1 Å². The van der Waals surface area contributed by atoms with Crippen molar-refractivity contribution in [3.05, 3.63) is 65.7 Å². The lowest BCUT2D eigenvalue weighted by molar-refractivity contribution is -0.139. The Bertz CT molecular complexity index is 822. The van der Waals surface area contributed by atoms with Gasteiger partial charge in [-0.25, -0.2) is 13.1 Å². The molecule has 1 N–H and O–H groups in total. The zero-order valence-electron chi connectivity index (χ0n) is 14.5. The molecule has 1 unspecified atom stereocenters. The van der Waals surface area contributed by atoms with E-state index >= 15 is 0 Å². The molecule has 142 valence electrons. The highest BCUT2D eigenvalue weighted by Gasteiger charge is 2.36. The van der Waals surface area contributed by atoms with Gasteiger partial charge in [0.1, 0.15) is 0 Å². The van der Waals surface area contributed by atoms with Gasteiger partial charge < -0.3 is 4.90 Å². The maximum Gasteiger partial charge on any atom is 0.417 e. The third kappa shape index (κ3) is 5.30. The SMILES string of the molecule is CN(C)C(CNS(=O)(=O)c1ccccc1C(F)(F)F)Cc1ccccc1. The lowest BCUT2D eigenvalue weighted by Crippen LogP contribution is -2.41. The fourth-order valence-electron chi connectivity index (χ4n) is 2.54. The summed E-state index contributed by atoms with van der Waals surface area (Å²) < 4.78 is 66.5. The maximum atomic E-state index is 13.1. The van der Waals surface area contributed by atoms with E-state index < -0.39 is 26.7 Å². The van der Waals surface area contributed by atoms with Crippen molar-refractivity contribution < 1.29 is 21.6 Å². The lowest BCUT2D eigenvalue weighted by Gasteiger charge is -2.25. The van der Waals surface area contributed by atoms with Crippen LogP contribution in [0.5, 0.6) is 0 Å². The summed E-state index contributed by atoms with van der Waals surface area (Å²) in [6.45, 7) is -0.00355. The molecule has 0 saturated carbocycles. The van der Waals surface area contributed by atoms with Gasteiger partial charge in [-0.05, 0) is 38.2 Å². The lowest BCUT2D eigenvalue weighted by atomic mass is 10.1. The molecule has 4 nitrogen and oxygen atoms in total. The Labute approximate surface area is 151 Å². The molecule has 8 heteroatoms. The Morgan fingerprint density at radius 3 is 2.15 bits per heavy atom. The number of likely N-dealkylation sites (N-methyl/N-ethyl adjacent to an activating group) is 1. The minimum Gasteiger partial charge on any atom is -0.305 e. The predicted molar refractivity (Wildman–Crippen MR) is 94.3 cm³/mol. The summed E-state index contributed by atoms with van der Waals surface area (Å²) in [4.78, 5) is 1.08. The molecule has 0 aliphatic rings. The molecule has 0 aliphatic carbocycles. The first kappa shape index (κ1) is 20.4. The summed E-state index contributed by atoms with van der Waals surface area (Å²) in [5, 5.41) is 0. The van der Waals surface area contributed by atoms with Crippen LogP contribution in [0.3, 0.4) is 0 Å². The van der Waals surface area contributed by atoms with E-state index in [0.717, 1.165) is 17.7 Å². The summed E-state index contributed by atoms with van der Waals surface area (Å²) in [6, 6.07) is 13.5. The van der Waals surface area contributed by atoms with Gasteiger partial charge in [-0.3, -0.25) is 0 Å². The molecule has 0 fully saturated rings. The van der Waals surface area contributed by atoms with Gasteiger partial charge in [0.25, 0.3) is 0 Å². The molecule has 0 bridgehead atoms. The highest BCUT2D eigenvalue weighted by atomic mass is 32.2. The second-order valence-corrected chi connectivity index (χ2v) is 7.89. The second-order valence-electron chi connectivity index (χ2n) is 6.15. The highest BCUT2D eigenvalue weighted by Crippen LogP contribution is 2.33. The number of nitrogens with one attached hydrogen (secondary N) is 1.